The predicted molar refractivity (Wildman–Crippen MR) is 91.3 cm³/mol. The average molecular weight is 330 g/mol. The summed E-state index contributed by atoms with van der Waals surface area (Å²) < 4.78 is 20.5. The van der Waals surface area contributed by atoms with E-state index in [1.807, 2.05) is 58.0 Å². The van der Waals surface area contributed by atoms with Crippen molar-refractivity contribution in [2.45, 2.75) is 34.2 Å². The van der Waals surface area contributed by atoms with Crippen LogP contribution in [-0.2, 0) is 21.4 Å². The standard InChI is InChI=1S/C10H9NO2.2C2H6.CH5NO2S/c12-10(13)7-11-6-5-8-3-1-2-4-9(8)11;2*1-2;1-5(2,3)4/h1-6H,7H2,(H,12,13);2*1-2H3;1H3,(H2,2,3,4). The molecule has 0 radical (unpaired) electrons. The van der Waals surface area contributed by atoms with Gasteiger partial charge >= 0.3 is 5.97 Å². The number of para-hydroxylation sites is 1. The number of aliphatic carboxylic acids is 1. The number of benzene rings is 1. The van der Waals surface area contributed by atoms with Crippen molar-refractivity contribution in [1.29, 1.82) is 0 Å². The zero-order valence-corrected chi connectivity index (χ0v) is 14.6. The first-order chi connectivity index (χ1) is 10.3. The van der Waals surface area contributed by atoms with Gasteiger partial charge in [-0.05, 0) is 17.5 Å². The molecule has 0 aliphatic heterocycles. The maximum Gasteiger partial charge on any atom is 0.323 e. The fourth-order valence-electron chi connectivity index (χ4n) is 1.42. The van der Waals surface area contributed by atoms with Gasteiger partial charge in [0.2, 0.25) is 10.0 Å². The number of primary sulfonamides is 1. The number of carboxylic acids is 1. The number of nitrogens with two attached hydrogens (primary N) is 1. The van der Waals surface area contributed by atoms with Gasteiger partial charge in [-0.15, -0.1) is 0 Å². The Morgan fingerprint density at radius 1 is 1.14 bits per heavy atom. The first kappa shape index (κ1) is 22.4. The molecule has 0 saturated heterocycles. The summed E-state index contributed by atoms with van der Waals surface area (Å²) in [6.45, 7) is 8.02. The molecule has 22 heavy (non-hydrogen) atoms. The van der Waals surface area contributed by atoms with Crippen LogP contribution in [0.1, 0.15) is 27.7 Å². The summed E-state index contributed by atoms with van der Waals surface area (Å²) in [6, 6.07) is 9.64. The molecule has 0 bridgehead atoms. The summed E-state index contributed by atoms with van der Waals surface area (Å²) in [7, 11) is -3.17. The highest BCUT2D eigenvalue weighted by Gasteiger charge is 2.02. The Kier molecular flexibility index (Phi) is 12.0. The van der Waals surface area contributed by atoms with Gasteiger partial charge in [0.1, 0.15) is 6.54 Å². The molecule has 2 rings (SSSR count). The molecule has 0 spiro atoms. The maximum atomic E-state index is 10.5. The van der Waals surface area contributed by atoms with Crippen molar-refractivity contribution in [2.24, 2.45) is 5.14 Å². The van der Waals surface area contributed by atoms with Gasteiger partial charge in [-0.3, -0.25) is 4.79 Å². The van der Waals surface area contributed by atoms with Gasteiger partial charge in [0.25, 0.3) is 0 Å². The second-order valence-electron chi connectivity index (χ2n) is 3.73. The van der Waals surface area contributed by atoms with E-state index in [9.17, 15) is 13.2 Å². The topological polar surface area (TPSA) is 102 Å². The minimum absolute atomic E-state index is 0.0213. The molecule has 0 aliphatic carbocycles. The number of nitrogens with zero attached hydrogens (tertiary/aromatic N) is 1. The van der Waals surface area contributed by atoms with Crippen molar-refractivity contribution in [3.05, 3.63) is 36.5 Å². The van der Waals surface area contributed by atoms with Gasteiger partial charge in [0.05, 0.1) is 6.26 Å². The normalized spacial score (nSPS) is 9.36. The summed E-state index contributed by atoms with van der Waals surface area (Å²) in [4.78, 5) is 10.5. The van der Waals surface area contributed by atoms with E-state index >= 15 is 0 Å². The zero-order chi connectivity index (χ0) is 17.8. The van der Waals surface area contributed by atoms with E-state index in [4.69, 9.17) is 5.11 Å². The van der Waals surface area contributed by atoms with Crippen LogP contribution >= 0.6 is 0 Å². The van der Waals surface area contributed by atoms with E-state index in [0.717, 1.165) is 17.2 Å². The smallest absolute Gasteiger partial charge is 0.323 e. The molecule has 1 aromatic heterocycles. The lowest BCUT2D eigenvalue weighted by molar-refractivity contribution is -0.137. The molecule has 0 amide bonds. The summed E-state index contributed by atoms with van der Waals surface area (Å²) in [5, 5.41) is 14.0. The Bertz CT molecular complexity index is 640. The number of fused-ring (bicyclic) bond motifs is 1. The number of hydrogen-bond acceptors (Lipinski definition) is 3. The van der Waals surface area contributed by atoms with Gasteiger partial charge < -0.3 is 9.67 Å². The second kappa shape index (κ2) is 11.8. The fraction of sp³-hybridized carbons (Fsp3) is 0.400. The molecule has 0 saturated carbocycles. The van der Waals surface area contributed by atoms with Crippen LogP contribution in [0.3, 0.4) is 0 Å². The lowest BCUT2D eigenvalue weighted by Gasteiger charge is -1.99. The summed E-state index contributed by atoms with van der Waals surface area (Å²) in [5.41, 5.74) is 0.963. The van der Waals surface area contributed by atoms with Crippen LogP contribution in [0.15, 0.2) is 36.5 Å². The van der Waals surface area contributed by atoms with Crippen molar-refractivity contribution in [3.8, 4) is 0 Å². The Morgan fingerprint density at radius 3 is 2.05 bits per heavy atom. The minimum atomic E-state index is -3.17. The fourth-order valence-corrected chi connectivity index (χ4v) is 1.42. The number of carboxylic acid groups (broad SMARTS) is 1. The third-order valence-electron chi connectivity index (χ3n) is 1.99. The van der Waals surface area contributed by atoms with Crippen molar-refractivity contribution >= 4 is 26.9 Å². The molecule has 7 heteroatoms. The van der Waals surface area contributed by atoms with Gasteiger partial charge in [-0.25, -0.2) is 13.6 Å². The molecule has 2 aromatic rings. The molecule has 0 unspecified atom stereocenters. The molecule has 0 aliphatic rings. The highest BCUT2D eigenvalue weighted by atomic mass is 32.2. The summed E-state index contributed by atoms with van der Waals surface area (Å²) in [6.07, 6.45) is 2.73. The Hall–Kier alpha value is -1.86. The first-order valence-electron chi connectivity index (χ1n) is 7.01. The number of aromatic nitrogens is 1. The predicted octanol–water partition coefficient (Wildman–Crippen LogP) is 2.68. The number of rotatable bonds is 2. The molecular formula is C15H26N2O4S. The van der Waals surface area contributed by atoms with Crippen molar-refractivity contribution in [3.63, 3.8) is 0 Å². The molecule has 0 atom stereocenters. The van der Waals surface area contributed by atoms with E-state index in [1.54, 1.807) is 10.8 Å². The molecule has 0 fully saturated rings. The van der Waals surface area contributed by atoms with Gasteiger partial charge in [0.15, 0.2) is 0 Å². The zero-order valence-electron chi connectivity index (χ0n) is 13.8. The van der Waals surface area contributed by atoms with Gasteiger partial charge in [0, 0.05) is 11.7 Å². The highest BCUT2D eigenvalue weighted by molar-refractivity contribution is 7.88. The molecule has 126 valence electrons. The molecule has 6 nitrogen and oxygen atoms in total. The monoisotopic (exact) mass is 330 g/mol. The second-order valence-corrected chi connectivity index (χ2v) is 5.38. The first-order valence-corrected chi connectivity index (χ1v) is 8.96. The van der Waals surface area contributed by atoms with Crippen LogP contribution in [0.4, 0.5) is 0 Å². The van der Waals surface area contributed by atoms with Crippen molar-refractivity contribution in [1.82, 2.24) is 4.57 Å². The van der Waals surface area contributed by atoms with Crippen LogP contribution in [-0.4, -0.2) is 30.3 Å². The summed E-state index contributed by atoms with van der Waals surface area (Å²) in [5.74, 6) is -0.818. The van der Waals surface area contributed by atoms with Crippen LogP contribution < -0.4 is 5.14 Å². The maximum absolute atomic E-state index is 10.5. The summed E-state index contributed by atoms with van der Waals surface area (Å²) >= 11 is 0. The number of carbonyl (C=O) groups is 1. The lowest BCUT2D eigenvalue weighted by Crippen LogP contribution is -2.07. The SMILES string of the molecule is CC.CC.CS(N)(=O)=O.O=C(O)Cn1ccc2ccccc21. The van der Waals surface area contributed by atoms with Crippen molar-refractivity contribution in [2.75, 3.05) is 6.26 Å². The third kappa shape index (κ3) is 10.9. The Morgan fingerprint density at radius 2 is 1.59 bits per heavy atom. The van der Waals surface area contributed by atoms with Crippen molar-refractivity contribution < 1.29 is 18.3 Å². The minimum Gasteiger partial charge on any atom is -0.480 e. The molecule has 3 N–H and O–H groups in total. The van der Waals surface area contributed by atoms with Gasteiger partial charge in [-0.2, -0.15) is 0 Å². The Balaban J connectivity index is 0. The lowest BCUT2D eigenvalue weighted by atomic mass is 10.2. The quantitative estimate of drug-likeness (QED) is 0.883. The largest absolute Gasteiger partial charge is 0.480 e. The Labute approximate surface area is 132 Å². The molecular weight excluding hydrogens is 304 g/mol. The van der Waals surface area contributed by atoms with E-state index in [0.29, 0.717) is 0 Å². The van der Waals surface area contributed by atoms with E-state index in [1.165, 1.54) is 0 Å². The third-order valence-corrected chi connectivity index (χ3v) is 1.99. The van der Waals surface area contributed by atoms with E-state index < -0.39 is 16.0 Å². The van der Waals surface area contributed by atoms with Gasteiger partial charge in [-0.1, -0.05) is 45.9 Å². The van der Waals surface area contributed by atoms with E-state index in [-0.39, 0.29) is 6.54 Å². The number of sulfonamides is 1. The highest BCUT2D eigenvalue weighted by Crippen LogP contribution is 2.14. The number of hydrogen-bond donors (Lipinski definition) is 2. The van der Waals surface area contributed by atoms with Crippen LogP contribution in [0.5, 0.6) is 0 Å². The van der Waals surface area contributed by atoms with Crippen LogP contribution in [0.2, 0.25) is 0 Å². The molecule has 1 heterocycles. The van der Waals surface area contributed by atoms with Crippen LogP contribution in [0, 0.1) is 0 Å². The van der Waals surface area contributed by atoms with E-state index in [2.05, 4.69) is 5.14 Å². The average Bonchev–Trinajstić information content (AvgIpc) is 2.84. The molecule has 1 aromatic carbocycles. The van der Waals surface area contributed by atoms with Crippen LogP contribution in [0.25, 0.3) is 10.9 Å².